The number of ether oxygens (including phenoxy) is 1. The van der Waals surface area contributed by atoms with Gasteiger partial charge in [-0.25, -0.2) is 4.98 Å². The zero-order chi connectivity index (χ0) is 12.3. The van der Waals surface area contributed by atoms with Gasteiger partial charge in [0.15, 0.2) is 0 Å². The average molecular weight is 238 g/mol. The van der Waals surface area contributed by atoms with Crippen molar-refractivity contribution in [2.45, 2.75) is 32.0 Å². The number of likely N-dealkylation sites (N-methyl/N-ethyl adjacent to an activating group) is 1. The third-order valence-electron chi connectivity index (χ3n) is 3.31. The summed E-state index contributed by atoms with van der Waals surface area (Å²) >= 11 is 0. The minimum Gasteiger partial charge on any atom is -0.374 e. The lowest BCUT2D eigenvalue weighted by Gasteiger charge is -2.30. The molecule has 2 heterocycles. The maximum absolute atomic E-state index is 6.06. The molecule has 1 aromatic heterocycles. The summed E-state index contributed by atoms with van der Waals surface area (Å²) in [7, 11) is 2.13. The van der Waals surface area contributed by atoms with E-state index in [1.54, 1.807) is 0 Å². The smallest absolute Gasteiger partial charge is 0.0949 e. The van der Waals surface area contributed by atoms with E-state index in [1.165, 1.54) is 0 Å². The Morgan fingerprint density at radius 2 is 2.47 bits per heavy atom. The van der Waals surface area contributed by atoms with Crippen molar-refractivity contribution >= 4 is 0 Å². The molecule has 0 aromatic carbocycles. The molecule has 1 aliphatic rings. The Bertz CT molecular complexity index is 352. The standard InChI is InChI=1S/C12H22N4O/c1-3-11(13)12-6-14-9-16(12)8-10-7-15(2)4-5-17-10/h6,9-11H,3-5,7-8,13H2,1-2H3/t10?,11-/m1/s1. The normalized spacial score (nSPS) is 23.8. The first-order valence-electron chi connectivity index (χ1n) is 6.26. The summed E-state index contributed by atoms with van der Waals surface area (Å²) in [5, 5.41) is 0. The fraction of sp³-hybridized carbons (Fsp3) is 0.750. The highest BCUT2D eigenvalue weighted by Gasteiger charge is 2.19. The van der Waals surface area contributed by atoms with Gasteiger partial charge in [-0.3, -0.25) is 0 Å². The highest BCUT2D eigenvalue weighted by atomic mass is 16.5. The van der Waals surface area contributed by atoms with Crippen LogP contribution in [0.3, 0.4) is 0 Å². The van der Waals surface area contributed by atoms with E-state index in [4.69, 9.17) is 10.5 Å². The van der Waals surface area contributed by atoms with Gasteiger partial charge >= 0.3 is 0 Å². The number of hydrogen-bond acceptors (Lipinski definition) is 4. The van der Waals surface area contributed by atoms with Crippen molar-refractivity contribution in [3.8, 4) is 0 Å². The quantitative estimate of drug-likeness (QED) is 0.835. The second-order valence-corrected chi connectivity index (χ2v) is 4.74. The van der Waals surface area contributed by atoms with E-state index in [0.29, 0.717) is 0 Å². The van der Waals surface area contributed by atoms with Crippen molar-refractivity contribution in [3.63, 3.8) is 0 Å². The van der Waals surface area contributed by atoms with Gasteiger partial charge in [0.2, 0.25) is 0 Å². The molecule has 96 valence electrons. The largest absolute Gasteiger partial charge is 0.374 e. The van der Waals surface area contributed by atoms with Gasteiger partial charge in [-0.05, 0) is 13.5 Å². The van der Waals surface area contributed by atoms with E-state index in [9.17, 15) is 0 Å². The van der Waals surface area contributed by atoms with E-state index in [-0.39, 0.29) is 12.1 Å². The number of nitrogens with zero attached hydrogens (tertiary/aromatic N) is 3. The number of morpholine rings is 1. The maximum Gasteiger partial charge on any atom is 0.0949 e. The minimum absolute atomic E-state index is 0.0684. The van der Waals surface area contributed by atoms with Gasteiger partial charge in [0.05, 0.1) is 31.3 Å². The van der Waals surface area contributed by atoms with Gasteiger partial charge in [0, 0.05) is 25.3 Å². The van der Waals surface area contributed by atoms with Crippen molar-refractivity contribution in [1.82, 2.24) is 14.5 Å². The topological polar surface area (TPSA) is 56.3 Å². The summed E-state index contributed by atoms with van der Waals surface area (Å²) in [4.78, 5) is 6.49. The molecule has 0 saturated carbocycles. The van der Waals surface area contributed by atoms with E-state index >= 15 is 0 Å². The molecule has 0 amide bonds. The Balaban J connectivity index is 2.00. The van der Waals surface area contributed by atoms with Crippen molar-refractivity contribution in [2.75, 3.05) is 26.7 Å². The molecule has 1 fully saturated rings. The van der Waals surface area contributed by atoms with Crippen LogP contribution in [0.1, 0.15) is 25.1 Å². The lowest BCUT2D eigenvalue weighted by Crippen LogP contribution is -2.42. The van der Waals surface area contributed by atoms with E-state index < -0.39 is 0 Å². The Labute approximate surface area is 103 Å². The Morgan fingerprint density at radius 1 is 1.65 bits per heavy atom. The molecule has 2 rings (SSSR count). The van der Waals surface area contributed by atoms with Crippen LogP contribution in [0.4, 0.5) is 0 Å². The minimum atomic E-state index is 0.0684. The van der Waals surface area contributed by atoms with Crippen LogP contribution in [0.25, 0.3) is 0 Å². The van der Waals surface area contributed by atoms with Crippen LogP contribution in [0.2, 0.25) is 0 Å². The van der Waals surface area contributed by atoms with Crippen molar-refractivity contribution in [1.29, 1.82) is 0 Å². The molecule has 2 atom stereocenters. The fourth-order valence-electron chi connectivity index (χ4n) is 2.20. The van der Waals surface area contributed by atoms with Crippen molar-refractivity contribution in [2.24, 2.45) is 5.73 Å². The van der Waals surface area contributed by atoms with Crippen molar-refractivity contribution < 1.29 is 4.74 Å². The first kappa shape index (κ1) is 12.5. The van der Waals surface area contributed by atoms with Crippen LogP contribution >= 0.6 is 0 Å². The number of aromatic nitrogens is 2. The second kappa shape index (κ2) is 5.62. The summed E-state index contributed by atoms with van der Waals surface area (Å²) in [6.45, 7) is 5.73. The Morgan fingerprint density at radius 3 is 3.18 bits per heavy atom. The van der Waals surface area contributed by atoms with Crippen LogP contribution in [0.15, 0.2) is 12.5 Å². The average Bonchev–Trinajstić information content (AvgIpc) is 2.76. The summed E-state index contributed by atoms with van der Waals surface area (Å²) in [6, 6.07) is 0.0684. The molecule has 1 unspecified atom stereocenters. The van der Waals surface area contributed by atoms with Crippen LogP contribution in [-0.2, 0) is 11.3 Å². The Hall–Kier alpha value is -0.910. The summed E-state index contributed by atoms with van der Waals surface area (Å²) in [6.07, 6.45) is 4.88. The third kappa shape index (κ3) is 3.06. The Kier molecular flexibility index (Phi) is 4.15. The van der Waals surface area contributed by atoms with Gasteiger partial charge < -0.3 is 19.9 Å². The maximum atomic E-state index is 6.06. The molecule has 0 bridgehead atoms. The number of imidazole rings is 1. The molecule has 0 aliphatic carbocycles. The zero-order valence-electron chi connectivity index (χ0n) is 10.7. The predicted molar refractivity (Wildman–Crippen MR) is 66.7 cm³/mol. The van der Waals surface area contributed by atoms with E-state index in [2.05, 4.69) is 28.4 Å². The van der Waals surface area contributed by atoms with E-state index in [0.717, 1.165) is 38.4 Å². The molecule has 2 N–H and O–H groups in total. The van der Waals surface area contributed by atoms with Gasteiger partial charge in [-0.15, -0.1) is 0 Å². The zero-order valence-corrected chi connectivity index (χ0v) is 10.7. The van der Waals surface area contributed by atoms with Crippen molar-refractivity contribution in [3.05, 3.63) is 18.2 Å². The molecular formula is C12H22N4O. The first-order valence-corrected chi connectivity index (χ1v) is 6.26. The number of nitrogens with two attached hydrogens (primary N) is 1. The van der Waals surface area contributed by atoms with E-state index in [1.807, 2.05) is 12.5 Å². The number of rotatable bonds is 4. The molecule has 1 aromatic rings. The molecule has 5 heteroatoms. The lowest BCUT2D eigenvalue weighted by atomic mass is 10.2. The molecule has 5 nitrogen and oxygen atoms in total. The van der Waals surface area contributed by atoms with Gasteiger partial charge in [0.25, 0.3) is 0 Å². The fourth-order valence-corrected chi connectivity index (χ4v) is 2.20. The lowest BCUT2D eigenvalue weighted by molar-refractivity contribution is -0.0278. The third-order valence-corrected chi connectivity index (χ3v) is 3.31. The highest BCUT2D eigenvalue weighted by Crippen LogP contribution is 2.15. The molecule has 1 saturated heterocycles. The first-order chi connectivity index (χ1) is 8.20. The summed E-state index contributed by atoms with van der Waals surface area (Å²) in [5.74, 6) is 0. The van der Waals surface area contributed by atoms with Crippen LogP contribution < -0.4 is 5.73 Å². The summed E-state index contributed by atoms with van der Waals surface area (Å²) in [5.41, 5.74) is 7.16. The van der Waals surface area contributed by atoms with Crippen LogP contribution in [0, 0.1) is 0 Å². The molecule has 0 spiro atoms. The summed E-state index contributed by atoms with van der Waals surface area (Å²) < 4.78 is 7.88. The monoisotopic (exact) mass is 238 g/mol. The van der Waals surface area contributed by atoms with Gasteiger partial charge in [0.1, 0.15) is 0 Å². The molecule has 1 aliphatic heterocycles. The molecule has 0 radical (unpaired) electrons. The van der Waals surface area contributed by atoms with Gasteiger partial charge in [-0.2, -0.15) is 0 Å². The SMILES string of the molecule is CC[C@@H](N)c1cncn1CC1CN(C)CCO1. The van der Waals surface area contributed by atoms with Crippen LogP contribution in [0.5, 0.6) is 0 Å². The highest BCUT2D eigenvalue weighted by molar-refractivity contribution is 5.04. The predicted octanol–water partition coefficient (Wildman–Crippen LogP) is 0.624. The number of hydrogen-bond donors (Lipinski definition) is 1. The molecule has 17 heavy (non-hydrogen) atoms. The van der Waals surface area contributed by atoms with Gasteiger partial charge in [-0.1, -0.05) is 6.92 Å². The van der Waals surface area contributed by atoms with Crippen LogP contribution in [-0.4, -0.2) is 47.3 Å². The second-order valence-electron chi connectivity index (χ2n) is 4.74. The molecular weight excluding hydrogens is 216 g/mol.